The van der Waals surface area contributed by atoms with Crippen LogP contribution < -0.4 is 5.32 Å². The van der Waals surface area contributed by atoms with Crippen LogP contribution in [0.15, 0.2) is 17.9 Å². The van der Waals surface area contributed by atoms with Crippen molar-refractivity contribution in [2.45, 2.75) is 19.9 Å². The molecular formula is C10H11ClN4S. The fourth-order valence-electron chi connectivity index (χ4n) is 1.21. The van der Waals surface area contributed by atoms with Crippen molar-refractivity contribution in [2.24, 2.45) is 0 Å². The highest BCUT2D eigenvalue weighted by Crippen LogP contribution is 2.17. The van der Waals surface area contributed by atoms with E-state index in [0.29, 0.717) is 17.4 Å². The van der Waals surface area contributed by atoms with Crippen LogP contribution in [0, 0.1) is 0 Å². The number of nitrogens with one attached hydrogen (secondary N) is 1. The van der Waals surface area contributed by atoms with Gasteiger partial charge < -0.3 is 5.32 Å². The highest BCUT2D eigenvalue weighted by molar-refractivity contribution is 7.09. The van der Waals surface area contributed by atoms with Gasteiger partial charge in [-0.25, -0.2) is 15.0 Å². The van der Waals surface area contributed by atoms with E-state index in [1.807, 2.05) is 5.38 Å². The van der Waals surface area contributed by atoms with Gasteiger partial charge in [0.1, 0.15) is 17.2 Å². The number of aromatic nitrogens is 3. The number of rotatable bonds is 4. The van der Waals surface area contributed by atoms with E-state index in [1.54, 1.807) is 17.5 Å². The molecule has 0 aliphatic carbocycles. The third-order valence-electron chi connectivity index (χ3n) is 2.01. The summed E-state index contributed by atoms with van der Waals surface area (Å²) in [7, 11) is 0. The zero-order chi connectivity index (χ0) is 11.4. The number of aryl methyl sites for hydroxylation is 1. The average molecular weight is 255 g/mol. The van der Waals surface area contributed by atoms with Crippen molar-refractivity contribution in [1.29, 1.82) is 0 Å². The SMILES string of the molecule is CCc1nc(CNc2ncncc2Cl)cs1. The third kappa shape index (κ3) is 2.68. The molecule has 4 nitrogen and oxygen atoms in total. The Morgan fingerprint density at radius 1 is 1.50 bits per heavy atom. The molecule has 6 heteroatoms. The molecule has 84 valence electrons. The monoisotopic (exact) mass is 254 g/mol. The van der Waals surface area contributed by atoms with Gasteiger partial charge in [0, 0.05) is 5.38 Å². The van der Waals surface area contributed by atoms with Crippen molar-refractivity contribution in [1.82, 2.24) is 15.0 Å². The van der Waals surface area contributed by atoms with Crippen molar-refractivity contribution < 1.29 is 0 Å². The molecule has 1 N–H and O–H groups in total. The molecule has 0 bridgehead atoms. The van der Waals surface area contributed by atoms with Crippen molar-refractivity contribution in [3.05, 3.63) is 33.6 Å². The zero-order valence-electron chi connectivity index (χ0n) is 8.77. The molecular weight excluding hydrogens is 244 g/mol. The average Bonchev–Trinajstić information content (AvgIpc) is 2.76. The van der Waals surface area contributed by atoms with E-state index in [4.69, 9.17) is 11.6 Å². The van der Waals surface area contributed by atoms with E-state index < -0.39 is 0 Å². The van der Waals surface area contributed by atoms with Crippen molar-refractivity contribution >= 4 is 28.8 Å². The van der Waals surface area contributed by atoms with Crippen LogP contribution >= 0.6 is 22.9 Å². The maximum atomic E-state index is 5.92. The molecule has 0 aliphatic heterocycles. The molecule has 2 aromatic rings. The lowest BCUT2D eigenvalue weighted by atomic mass is 10.4. The maximum absolute atomic E-state index is 5.92. The summed E-state index contributed by atoms with van der Waals surface area (Å²) >= 11 is 7.59. The molecule has 2 aromatic heterocycles. The fourth-order valence-corrected chi connectivity index (χ4v) is 2.13. The summed E-state index contributed by atoms with van der Waals surface area (Å²) in [6.45, 7) is 2.73. The van der Waals surface area contributed by atoms with Gasteiger partial charge in [-0.05, 0) is 6.42 Å². The summed E-state index contributed by atoms with van der Waals surface area (Å²) in [5, 5.41) is 6.84. The van der Waals surface area contributed by atoms with Crippen LogP contribution in [0.1, 0.15) is 17.6 Å². The van der Waals surface area contributed by atoms with Crippen LogP contribution in [0.2, 0.25) is 5.02 Å². The molecule has 0 spiro atoms. The lowest BCUT2D eigenvalue weighted by molar-refractivity contribution is 0.996. The molecule has 0 saturated heterocycles. The van der Waals surface area contributed by atoms with Crippen LogP contribution in [0.3, 0.4) is 0 Å². The second-order valence-corrected chi connectivity index (χ2v) is 4.51. The molecule has 0 unspecified atom stereocenters. The molecule has 0 saturated carbocycles. The van der Waals surface area contributed by atoms with Crippen LogP contribution in [0.25, 0.3) is 0 Å². The molecule has 0 aromatic carbocycles. The van der Waals surface area contributed by atoms with Gasteiger partial charge in [0.2, 0.25) is 0 Å². The van der Waals surface area contributed by atoms with Gasteiger partial charge >= 0.3 is 0 Å². The van der Waals surface area contributed by atoms with E-state index in [9.17, 15) is 0 Å². The summed E-state index contributed by atoms with van der Waals surface area (Å²) in [6.07, 6.45) is 4.00. The van der Waals surface area contributed by atoms with Crippen LogP contribution in [0.5, 0.6) is 0 Å². The first-order valence-corrected chi connectivity index (χ1v) is 6.18. The van der Waals surface area contributed by atoms with Gasteiger partial charge in [0.25, 0.3) is 0 Å². The summed E-state index contributed by atoms with van der Waals surface area (Å²) in [4.78, 5) is 12.3. The Balaban J connectivity index is 1.99. The van der Waals surface area contributed by atoms with E-state index in [-0.39, 0.29) is 0 Å². The van der Waals surface area contributed by atoms with E-state index >= 15 is 0 Å². The van der Waals surface area contributed by atoms with E-state index in [1.165, 1.54) is 6.33 Å². The number of hydrogen-bond donors (Lipinski definition) is 1. The Hall–Kier alpha value is -1.20. The molecule has 0 fully saturated rings. The fraction of sp³-hybridized carbons (Fsp3) is 0.300. The minimum absolute atomic E-state index is 0.522. The molecule has 2 heterocycles. The summed E-state index contributed by atoms with van der Waals surface area (Å²) in [5.41, 5.74) is 1.01. The van der Waals surface area contributed by atoms with Gasteiger partial charge in [0.05, 0.1) is 23.4 Å². The third-order valence-corrected chi connectivity index (χ3v) is 3.32. The standard InChI is InChI=1S/C10H11ClN4S/c1-2-9-15-7(5-16-9)3-13-10-8(11)4-12-6-14-10/h4-6H,2-3H2,1H3,(H,12,13,14). The van der Waals surface area contributed by atoms with Gasteiger partial charge in [0.15, 0.2) is 0 Å². The topological polar surface area (TPSA) is 50.7 Å². The number of nitrogens with zero attached hydrogens (tertiary/aromatic N) is 3. The Morgan fingerprint density at radius 2 is 2.38 bits per heavy atom. The number of thiazole rings is 1. The highest BCUT2D eigenvalue weighted by atomic mass is 35.5. The predicted octanol–water partition coefficient (Wildman–Crippen LogP) is 2.76. The molecule has 0 amide bonds. The lowest BCUT2D eigenvalue weighted by Gasteiger charge is -2.03. The first-order valence-electron chi connectivity index (χ1n) is 4.92. The first kappa shape index (κ1) is 11.3. The smallest absolute Gasteiger partial charge is 0.148 e. The molecule has 0 aliphatic rings. The lowest BCUT2D eigenvalue weighted by Crippen LogP contribution is -2.02. The van der Waals surface area contributed by atoms with Crippen LogP contribution in [-0.4, -0.2) is 15.0 Å². The van der Waals surface area contributed by atoms with Gasteiger partial charge in [-0.15, -0.1) is 11.3 Å². The Labute approximate surface area is 103 Å². The van der Waals surface area contributed by atoms with Crippen molar-refractivity contribution in [2.75, 3.05) is 5.32 Å². The van der Waals surface area contributed by atoms with Crippen LogP contribution in [-0.2, 0) is 13.0 Å². The first-order chi connectivity index (χ1) is 7.79. The second-order valence-electron chi connectivity index (χ2n) is 3.16. The molecule has 0 atom stereocenters. The number of halogens is 1. The highest BCUT2D eigenvalue weighted by Gasteiger charge is 2.03. The summed E-state index contributed by atoms with van der Waals surface area (Å²) in [6, 6.07) is 0. The maximum Gasteiger partial charge on any atom is 0.148 e. The predicted molar refractivity (Wildman–Crippen MR) is 65.9 cm³/mol. The number of hydrogen-bond acceptors (Lipinski definition) is 5. The van der Waals surface area contributed by atoms with E-state index in [2.05, 4.69) is 27.2 Å². The van der Waals surface area contributed by atoms with Crippen molar-refractivity contribution in [3.8, 4) is 0 Å². The Bertz CT molecular complexity index is 471. The van der Waals surface area contributed by atoms with Gasteiger partial charge in [-0.2, -0.15) is 0 Å². The van der Waals surface area contributed by atoms with E-state index in [0.717, 1.165) is 17.1 Å². The molecule has 16 heavy (non-hydrogen) atoms. The largest absolute Gasteiger partial charge is 0.363 e. The quantitative estimate of drug-likeness (QED) is 0.912. The summed E-state index contributed by atoms with van der Waals surface area (Å²) in [5.74, 6) is 0.641. The van der Waals surface area contributed by atoms with Gasteiger partial charge in [-0.1, -0.05) is 18.5 Å². The zero-order valence-corrected chi connectivity index (χ0v) is 10.3. The number of anilines is 1. The molecule has 2 rings (SSSR count). The van der Waals surface area contributed by atoms with Crippen molar-refractivity contribution in [3.63, 3.8) is 0 Å². The second kappa shape index (κ2) is 5.23. The Kier molecular flexibility index (Phi) is 3.69. The van der Waals surface area contributed by atoms with Gasteiger partial charge in [-0.3, -0.25) is 0 Å². The minimum atomic E-state index is 0.522. The Morgan fingerprint density at radius 3 is 3.06 bits per heavy atom. The normalized spacial score (nSPS) is 10.4. The molecule has 0 radical (unpaired) electrons. The summed E-state index contributed by atoms with van der Waals surface area (Å²) < 4.78 is 0. The minimum Gasteiger partial charge on any atom is -0.363 e. The van der Waals surface area contributed by atoms with Crippen LogP contribution in [0.4, 0.5) is 5.82 Å².